The Morgan fingerprint density at radius 3 is 2.42 bits per heavy atom. The van der Waals surface area contributed by atoms with Crippen molar-refractivity contribution in [2.24, 2.45) is 0 Å². The van der Waals surface area contributed by atoms with E-state index >= 15 is 0 Å². The number of pyridine rings is 1. The summed E-state index contributed by atoms with van der Waals surface area (Å²) in [5, 5.41) is 0.343. The van der Waals surface area contributed by atoms with Gasteiger partial charge in [0.1, 0.15) is 17.5 Å². The van der Waals surface area contributed by atoms with Gasteiger partial charge in [0, 0.05) is 11.1 Å². The third-order valence-electron chi connectivity index (χ3n) is 4.95. The number of nitrogens with zero attached hydrogens (tertiary/aromatic N) is 1. The monoisotopic (exact) mass is 478 g/mol. The number of alkyl halides is 3. The molecule has 2 nitrogen and oxygen atoms in total. The predicted octanol–water partition coefficient (Wildman–Crippen LogP) is 7.69. The second-order valence-electron chi connectivity index (χ2n) is 7.39. The van der Waals surface area contributed by atoms with Crippen LogP contribution in [0.2, 0.25) is 0 Å². The Morgan fingerprint density at radius 2 is 1.70 bits per heavy atom. The molecular weight excluding hydrogens is 462 g/mol. The molecule has 0 atom stereocenters. The van der Waals surface area contributed by atoms with Crippen LogP contribution in [0.5, 0.6) is 0 Å². The first-order chi connectivity index (χ1) is 15.6. The van der Waals surface area contributed by atoms with Gasteiger partial charge >= 0.3 is 6.18 Å². The molecule has 4 rings (SSSR count). The van der Waals surface area contributed by atoms with Crippen molar-refractivity contribution >= 4 is 28.5 Å². The van der Waals surface area contributed by atoms with Crippen molar-refractivity contribution in [3.05, 3.63) is 100 Å². The summed E-state index contributed by atoms with van der Waals surface area (Å²) in [5.74, 6) is -1.91. The molecule has 3 aromatic carbocycles. The first-order valence-electron chi connectivity index (χ1n) is 9.74. The van der Waals surface area contributed by atoms with Gasteiger partial charge in [-0.2, -0.15) is 13.2 Å². The quantitative estimate of drug-likeness (QED) is 0.235. The van der Waals surface area contributed by atoms with Crippen molar-refractivity contribution in [1.29, 1.82) is 0 Å². The maximum Gasteiger partial charge on any atom is 0.418 e. The molecule has 4 aromatic rings. The molecule has 1 N–H and O–H groups in total. The molecule has 9 heteroatoms. The lowest BCUT2D eigenvalue weighted by Crippen LogP contribution is -2.07. The fraction of sp³-hybridized carbons (Fsp3) is 0.125. The minimum absolute atomic E-state index is 0.0299. The third-order valence-corrected chi connectivity index (χ3v) is 5.81. The van der Waals surface area contributed by atoms with Gasteiger partial charge in [0.05, 0.1) is 21.7 Å². The Kier molecular flexibility index (Phi) is 6.25. The summed E-state index contributed by atoms with van der Waals surface area (Å²) in [6.45, 7) is 1.60. The molecule has 1 heterocycles. The van der Waals surface area contributed by atoms with Gasteiger partial charge in [0.15, 0.2) is 0 Å². The van der Waals surface area contributed by atoms with E-state index < -0.39 is 29.2 Å². The lowest BCUT2D eigenvalue weighted by atomic mass is 9.98. The summed E-state index contributed by atoms with van der Waals surface area (Å²) in [7, 11) is 0. The van der Waals surface area contributed by atoms with Crippen molar-refractivity contribution in [3.63, 3.8) is 0 Å². The van der Waals surface area contributed by atoms with E-state index in [0.29, 0.717) is 22.2 Å². The summed E-state index contributed by atoms with van der Waals surface area (Å²) >= 11 is 0.726. The minimum atomic E-state index is -4.55. The van der Waals surface area contributed by atoms with Gasteiger partial charge in [-0.1, -0.05) is 18.2 Å². The van der Waals surface area contributed by atoms with E-state index in [1.54, 1.807) is 25.1 Å². The molecule has 0 bridgehead atoms. The maximum absolute atomic E-state index is 14.6. The summed E-state index contributed by atoms with van der Waals surface area (Å²) in [6, 6.07) is 12.8. The van der Waals surface area contributed by atoms with E-state index in [-0.39, 0.29) is 22.5 Å². The van der Waals surface area contributed by atoms with Crippen LogP contribution >= 0.6 is 11.9 Å². The first kappa shape index (κ1) is 23.0. The number of aromatic nitrogens is 1. The molecule has 0 aliphatic carbocycles. The molecule has 0 unspecified atom stereocenters. The molecule has 0 saturated heterocycles. The summed E-state index contributed by atoms with van der Waals surface area (Å²) in [5.41, 5.74) is 0.623. The van der Waals surface area contributed by atoms with Crippen molar-refractivity contribution in [3.8, 4) is 0 Å². The molecular formula is C24H16F6N2S. The number of fused-ring (bicyclic) bond motifs is 1. The molecule has 0 amide bonds. The lowest BCUT2D eigenvalue weighted by molar-refractivity contribution is -0.136. The van der Waals surface area contributed by atoms with Crippen molar-refractivity contribution < 1.29 is 26.3 Å². The van der Waals surface area contributed by atoms with Gasteiger partial charge in [0.2, 0.25) is 0 Å². The zero-order chi connectivity index (χ0) is 23.8. The van der Waals surface area contributed by atoms with Crippen molar-refractivity contribution in [1.82, 2.24) is 4.98 Å². The van der Waals surface area contributed by atoms with E-state index in [0.717, 1.165) is 36.2 Å². The predicted molar refractivity (Wildman–Crippen MR) is 117 cm³/mol. The standard InChI is InChI=1S/C24H16F6N2S/c1-13-9-15(17-3-2-4-18(23(17)31-13)24(28,29)30)10-14-5-8-21(20(27)11-14)32-33-22-12-16(25)6-7-19(22)26/h2-9,11-12,32H,10H2,1H3. The summed E-state index contributed by atoms with van der Waals surface area (Å²) < 4.78 is 84.5. The Hall–Kier alpha value is -3.20. The number of anilines is 1. The second-order valence-corrected chi connectivity index (χ2v) is 8.24. The van der Waals surface area contributed by atoms with E-state index in [9.17, 15) is 26.3 Å². The smallest absolute Gasteiger partial charge is 0.323 e. The molecule has 0 saturated carbocycles. The highest BCUT2D eigenvalue weighted by atomic mass is 32.2. The Bertz CT molecular complexity index is 1340. The highest BCUT2D eigenvalue weighted by molar-refractivity contribution is 8.00. The van der Waals surface area contributed by atoms with Gasteiger partial charge < -0.3 is 4.72 Å². The van der Waals surface area contributed by atoms with Gasteiger partial charge in [-0.05, 0) is 78.9 Å². The number of aryl methyl sites for hydroxylation is 1. The SMILES string of the molecule is Cc1cc(Cc2ccc(NSc3cc(F)ccc3F)c(F)c2)c2cccc(C(F)(F)F)c2n1. The van der Waals surface area contributed by atoms with Gasteiger partial charge in [0.25, 0.3) is 0 Å². The maximum atomic E-state index is 14.6. The molecule has 33 heavy (non-hydrogen) atoms. The fourth-order valence-electron chi connectivity index (χ4n) is 3.47. The number of rotatable bonds is 5. The zero-order valence-electron chi connectivity index (χ0n) is 17.1. The van der Waals surface area contributed by atoms with Crippen LogP contribution in [0, 0.1) is 24.4 Å². The number of hydrogen-bond donors (Lipinski definition) is 1. The topological polar surface area (TPSA) is 24.9 Å². The molecule has 0 aliphatic heterocycles. The highest BCUT2D eigenvalue weighted by Crippen LogP contribution is 2.35. The van der Waals surface area contributed by atoms with Crippen LogP contribution in [-0.2, 0) is 12.6 Å². The van der Waals surface area contributed by atoms with Crippen LogP contribution < -0.4 is 4.72 Å². The molecule has 170 valence electrons. The minimum Gasteiger partial charge on any atom is -0.323 e. The van der Waals surface area contributed by atoms with Crippen LogP contribution in [0.25, 0.3) is 10.9 Å². The Balaban J connectivity index is 1.60. The van der Waals surface area contributed by atoms with Gasteiger partial charge in [-0.3, -0.25) is 4.98 Å². The average molecular weight is 478 g/mol. The van der Waals surface area contributed by atoms with Crippen LogP contribution in [-0.4, -0.2) is 4.98 Å². The normalized spacial score (nSPS) is 11.7. The van der Waals surface area contributed by atoms with E-state index in [4.69, 9.17) is 0 Å². The summed E-state index contributed by atoms with van der Waals surface area (Å²) in [4.78, 5) is 4.05. The summed E-state index contributed by atoms with van der Waals surface area (Å²) in [6.07, 6.45) is -4.36. The molecule has 0 fully saturated rings. The van der Waals surface area contributed by atoms with E-state index in [1.807, 2.05) is 0 Å². The average Bonchev–Trinajstić information content (AvgIpc) is 2.74. The third kappa shape index (κ3) is 5.08. The van der Waals surface area contributed by atoms with Gasteiger partial charge in [-0.25, -0.2) is 13.2 Å². The van der Waals surface area contributed by atoms with Crippen LogP contribution in [0.3, 0.4) is 0 Å². The lowest BCUT2D eigenvalue weighted by Gasteiger charge is -2.14. The van der Waals surface area contributed by atoms with E-state index in [1.165, 1.54) is 18.2 Å². The second kappa shape index (κ2) is 8.97. The molecule has 0 spiro atoms. The molecule has 0 aliphatic rings. The fourth-order valence-corrected chi connectivity index (χ4v) is 4.20. The van der Waals surface area contributed by atoms with Crippen molar-refractivity contribution in [2.45, 2.75) is 24.4 Å². The zero-order valence-corrected chi connectivity index (χ0v) is 17.9. The van der Waals surface area contributed by atoms with Crippen LogP contribution in [0.1, 0.15) is 22.4 Å². The number of nitrogens with one attached hydrogen (secondary N) is 1. The van der Waals surface area contributed by atoms with Crippen LogP contribution in [0.4, 0.5) is 32.0 Å². The number of benzene rings is 3. The van der Waals surface area contributed by atoms with Crippen LogP contribution in [0.15, 0.2) is 65.6 Å². The highest BCUT2D eigenvalue weighted by Gasteiger charge is 2.33. The van der Waals surface area contributed by atoms with Crippen molar-refractivity contribution in [2.75, 3.05) is 4.72 Å². The number of para-hydroxylation sites is 1. The molecule has 0 radical (unpaired) electrons. The largest absolute Gasteiger partial charge is 0.418 e. The molecule has 1 aromatic heterocycles. The first-order valence-corrected chi connectivity index (χ1v) is 10.6. The van der Waals surface area contributed by atoms with E-state index in [2.05, 4.69) is 9.71 Å². The Morgan fingerprint density at radius 1 is 0.909 bits per heavy atom. The van der Waals surface area contributed by atoms with Gasteiger partial charge in [-0.15, -0.1) is 0 Å². The number of hydrogen-bond acceptors (Lipinski definition) is 3. The Labute approximate surface area is 189 Å². The number of halogens is 6.